The van der Waals surface area contributed by atoms with Crippen molar-refractivity contribution in [2.75, 3.05) is 6.26 Å². The lowest BCUT2D eigenvalue weighted by Gasteiger charge is -2.07. The van der Waals surface area contributed by atoms with E-state index in [1.165, 1.54) is 19.2 Å². The maximum Gasteiger partial charge on any atom is 0.307 e. The van der Waals surface area contributed by atoms with Crippen LogP contribution >= 0.6 is 11.6 Å². The van der Waals surface area contributed by atoms with Crippen molar-refractivity contribution in [1.82, 2.24) is 15.0 Å². The zero-order valence-corrected chi connectivity index (χ0v) is 16.7. The lowest BCUT2D eigenvalue weighted by molar-refractivity contribution is 0.0999. The van der Waals surface area contributed by atoms with Crippen LogP contribution in [0, 0.1) is 25.5 Å². The number of carbonyl (C=O) groups is 1. The van der Waals surface area contributed by atoms with Crippen molar-refractivity contribution in [1.29, 1.82) is 0 Å². The van der Waals surface area contributed by atoms with Gasteiger partial charge in [0.1, 0.15) is 11.5 Å². The third-order valence-electron chi connectivity index (χ3n) is 3.99. The molecule has 3 rings (SSSR count). The number of rotatable bonds is 3. The molecule has 0 fully saturated rings. The van der Waals surface area contributed by atoms with Crippen LogP contribution in [0.4, 0.5) is 8.78 Å². The number of aromatic nitrogens is 3. The molecule has 0 saturated heterocycles. The van der Waals surface area contributed by atoms with Crippen molar-refractivity contribution in [3.63, 3.8) is 0 Å². The number of carbonyl (C=O) groups excluding carboxylic acids is 1. The van der Waals surface area contributed by atoms with Gasteiger partial charge in [-0.1, -0.05) is 22.9 Å². The van der Waals surface area contributed by atoms with Gasteiger partial charge in [0, 0.05) is 12.3 Å². The van der Waals surface area contributed by atoms with E-state index in [1.54, 1.807) is 25.1 Å². The first-order valence-electron chi connectivity index (χ1n) is 8.00. The van der Waals surface area contributed by atoms with Gasteiger partial charge in [0.15, 0.2) is 11.5 Å². The minimum atomic E-state index is -3.15. The monoisotopic (exact) mass is 424 g/mol. The van der Waals surface area contributed by atoms with Crippen LogP contribution in [0.3, 0.4) is 0 Å². The van der Waals surface area contributed by atoms with Crippen LogP contribution in [-0.4, -0.2) is 31.4 Å². The third kappa shape index (κ3) is 3.81. The van der Waals surface area contributed by atoms with E-state index in [9.17, 15) is 17.8 Å². The predicted molar refractivity (Wildman–Crippen MR) is 101 cm³/mol. The van der Waals surface area contributed by atoms with Crippen LogP contribution in [-0.2, 0) is 9.73 Å². The topological polar surface area (TPSA) is 77.2 Å². The minimum Gasteiger partial charge on any atom is -0.264 e. The molecule has 0 saturated carbocycles. The molecule has 0 aliphatic heterocycles. The number of aryl methyl sites for hydroxylation is 1. The van der Waals surface area contributed by atoms with E-state index in [0.29, 0.717) is 6.07 Å². The molecule has 0 bridgehead atoms. The van der Waals surface area contributed by atoms with Gasteiger partial charge in [-0.2, -0.15) is 4.36 Å². The SMILES string of the molecule is Cc1ccc(Cl)c(S(C)(=O)=NC(=O)c2nnn(-c3ccc(F)cc3F)c2C)c1. The average molecular weight is 425 g/mol. The zero-order valence-electron chi connectivity index (χ0n) is 15.1. The van der Waals surface area contributed by atoms with Crippen molar-refractivity contribution in [3.8, 4) is 5.69 Å². The molecule has 10 heteroatoms. The molecule has 6 nitrogen and oxygen atoms in total. The fraction of sp³-hybridized carbons (Fsp3) is 0.167. The maximum absolute atomic E-state index is 14.0. The minimum absolute atomic E-state index is 0.0792. The molecule has 1 atom stereocenters. The van der Waals surface area contributed by atoms with Gasteiger partial charge in [-0.3, -0.25) is 4.79 Å². The highest BCUT2D eigenvalue weighted by molar-refractivity contribution is 7.93. The normalized spacial score (nSPS) is 13.2. The molecular formula is C18H15ClF2N4O2S. The Morgan fingerprint density at radius 3 is 2.57 bits per heavy atom. The molecule has 1 heterocycles. The van der Waals surface area contributed by atoms with Gasteiger partial charge >= 0.3 is 5.91 Å². The second kappa shape index (κ2) is 7.40. The number of halogens is 3. The van der Waals surface area contributed by atoms with Crippen LogP contribution in [0.1, 0.15) is 21.7 Å². The van der Waals surface area contributed by atoms with Gasteiger partial charge < -0.3 is 0 Å². The Labute approximate surface area is 165 Å². The van der Waals surface area contributed by atoms with Gasteiger partial charge in [0.25, 0.3) is 0 Å². The van der Waals surface area contributed by atoms with Gasteiger partial charge in [-0.25, -0.2) is 17.7 Å². The highest BCUT2D eigenvalue weighted by Crippen LogP contribution is 2.25. The van der Waals surface area contributed by atoms with E-state index in [0.717, 1.165) is 16.3 Å². The van der Waals surface area contributed by atoms with Crippen molar-refractivity contribution in [2.24, 2.45) is 4.36 Å². The lowest BCUT2D eigenvalue weighted by atomic mass is 10.2. The summed E-state index contributed by atoms with van der Waals surface area (Å²) in [6, 6.07) is 7.85. The Morgan fingerprint density at radius 2 is 1.89 bits per heavy atom. The van der Waals surface area contributed by atoms with Crippen LogP contribution in [0.5, 0.6) is 0 Å². The number of nitrogens with zero attached hydrogens (tertiary/aromatic N) is 4. The number of hydrogen-bond donors (Lipinski definition) is 0. The quantitative estimate of drug-likeness (QED) is 0.633. The molecule has 1 aromatic heterocycles. The first-order valence-corrected chi connectivity index (χ1v) is 10.3. The van der Waals surface area contributed by atoms with Crippen LogP contribution in [0.15, 0.2) is 45.7 Å². The Balaban J connectivity index is 2.04. The molecule has 0 radical (unpaired) electrons. The summed E-state index contributed by atoms with van der Waals surface area (Å²) in [6.07, 6.45) is 1.30. The number of hydrogen-bond acceptors (Lipinski definition) is 4. The molecule has 28 heavy (non-hydrogen) atoms. The summed E-state index contributed by atoms with van der Waals surface area (Å²) in [7, 11) is -3.15. The summed E-state index contributed by atoms with van der Waals surface area (Å²) in [4.78, 5) is 12.8. The van der Waals surface area contributed by atoms with Crippen LogP contribution in [0.25, 0.3) is 5.69 Å². The molecule has 0 N–H and O–H groups in total. The third-order valence-corrected chi connectivity index (χ3v) is 6.10. The molecule has 1 amide bonds. The molecule has 3 aromatic rings. The molecule has 146 valence electrons. The van der Waals surface area contributed by atoms with Gasteiger partial charge in [0.05, 0.1) is 25.3 Å². The van der Waals surface area contributed by atoms with Gasteiger partial charge in [0.2, 0.25) is 0 Å². The zero-order chi connectivity index (χ0) is 20.6. The molecule has 2 aromatic carbocycles. The number of benzene rings is 2. The van der Waals surface area contributed by atoms with Gasteiger partial charge in [-0.15, -0.1) is 5.10 Å². The second-order valence-corrected chi connectivity index (χ2v) is 8.80. The van der Waals surface area contributed by atoms with E-state index in [1.807, 2.05) is 0 Å². The van der Waals surface area contributed by atoms with E-state index < -0.39 is 27.3 Å². The Morgan fingerprint density at radius 1 is 1.18 bits per heavy atom. The highest BCUT2D eigenvalue weighted by atomic mass is 35.5. The summed E-state index contributed by atoms with van der Waals surface area (Å²) < 4.78 is 44.9. The van der Waals surface area contributed by atoms with E-state index in [2.05, 4.69) is 14.7 Å². The molecule has 0 aliphatic carbocycles. The van der Waals surface area contributed by atoms with Crippen molar-refractivity contribution in [2.45, 2.75) is 18.7 Å². The van der Waals surface area contributed by atoms with Crippen molar-refractivity contribution >= 4 is 27.2 Å². The number of amides is 1. The Bertz CT molecular complexity index is 1220. The average Bonchev–Trinajstić information content (AvgIpc) is 2.98. The summed E-state index contributed by atoms with van der Waals surface area (Å²) >= 11 is 6.10. The summed E-state index contributed by atoms with van der Waals surface area (Å²) in [5.74, 6) is -2.49. The largest absolute Gasteiger partial charge is 0.307 e. The Hall–Kier alpha value is -2.65. The summed E-state index contributed by atoms with van der Waals surface area (Å²) in [6.45, 7) is 3.27. The summed E-state index contributed by atoms with van der Waals surface area (Å²) in [5, 5.41) is 7.69. The fourth-order valence-corrected chi connectivity index (χ4v) is 4.44. The Kier molecular flexibility index (Phi) is 5.31. The second-order valence-electron chi connectivity index (χ2n) is 6.16. The van der Waals surface area contributed by atoms with E-state index in [-0.39, 0.29) is 27.0 Å². The smallest absolute Gasteiger partial charge is 0.264 e. The first-order chi connectivity index (χ1) is 13.1. The maximum atomic E-state index is 14.0. The van der Waals surface area contributed by atoms with Crippen LogP contribution < -0.4 is 0 Å². The fourth-order valence-electron chi connectivity index (χ4n) is 2.56. The first kappa shape index (κ1) is 20.1. The summed E-state index contributed by atoms with van der Waals surface area (Å²) in [5.41, 5.74) is 0.710. The van der Waals surface area contributed by atoms with E-state index >= 15 is 0 Å². The lowest BCUT2D eigenvalue weighted by Crippen LogP contribution is -2.07. The van der Waals surface area contributed by atoms with Crippen LogP contribution in [0.2, 0.25) is 5.02 Å². The molecule has 0 aliphatic rings. The van der Waals surface area contributed by atoms with Crippen molar-refractivity contribution in [3.05, 3.63) is 70.0 Å². The predicted octanol–water partition coefficient (Wildman–Crippen LogP) is 4.11. The highest BCUT2D eigenvalue weighted by Gasteiger charge is 2.21. The van der Waals surface area contributed by atoms with E-state index in [4.69, 9.17) is 11.6 Å². The molecular weight excluding hydrogens is 410 g/mol. The molecule has 1 unspecified atom stereocenters. The van der Waals surface area contributed by atoms with Crippen molar-refractivity contribution < 1.29 is 17.8 Å². The standard InChI is InChI=1S/C18H15ClF2N4O2S/c1-10-4-6-13(19)16(8-10)28(3,27)23-18(26)17-11(2)25(24-22-17)15-7-5-12(20)9-14(15)21/h4-9H,1-3H3. The van der Waals surface area contributed by atoms with Gasteiger partial charge in [-0.05, 0) is 43.7 Å². The molecule has 0 spiro atoms.